The van der Waals surface area contributed by atoms with Crippen molar-refractivity contribution in [1.29, 1.82) is 5.39 Å². The van der Waals surface area contributed by atoms with Gasteiger partial charge in [-0.15, -0.1) is 0 Å². The molecule has 2 rings (SSSR count). The molecule has 0 bridgehead atoms. The van der Waals surface area contributed by atoms with E-state index in [2.05, 4.69) is 36.2 Å². The zero-order chi connectivity index (χ0) is 20.9. The van der Waals surface area contributed by atoms with Crippen molar-refractivity contribution in [2.75, 3.05) is 14.2 Å². The Hall–Kier alpha value is -2.18. The SMILES string of the molecule is COc1cc(Sc2ccc(C)cc2)c(OC)cc1[N+]#N.F[P-](F)(F)(F)(F)F. The summed E-state index contributed by atoms with van der Waals surface area (Å²) in [6.07, 6.45) is 0. The van der Waals surface area contributed by atoms with E-state index < -0.39 is 7.81 Å². The second-order valence-corrected chi connectivity index (χ2v) is 8.18. The number of methoxy groups -OCH3 is 2. The van der Waals surface area contributed by atoms with Crippen LogP contribution in [0.5, 0.6) is 11.5 Å². The van der Waals surface area contributed by atoms with E-state index in [1.807, 2.05) is 0 Å². The molecule has 12 heteroatoms. The maximum atomic E-state index is 9.87. The summed E-state index contributed by atoms with van der Waals surface area (Å²) in [6, 6.07) is 11.7. The van der Waals surface area contributed by atoms with Gasteiger partial charge in [0, 0.05) is 11.0 Å². The molecule has 2 aromatic rings. The van der Waals surface area contributed by atoms with E-state index in [-0.39, 0.29) is 0 Å². The topological polar surface area (TPSA) is 46.6 Å². The molecule has 27 heavy (non-hydrogen) atoms. The Kier molecular flexibility index (Phi) is 6.30. The van der Waals surface area contributed by atoms with Crippen molar-refractivity contribution in [2.45, 2.75) is 16.7 Å². The minimum absolute atomic E-state index is 0.345. The summed E-state index contributed by atoms with van der Waals surface area (Å²) in [5.41, 5.74) is 1.56. The van der Waals surface area contributed by atoms with Crippen LogP contribution in [0, 0.1) is 12.3 Å². The van der Waals surface area contributed by atoms with Gasteiger partial charge >= 0.3 is 38.7 Å². The molecule has 0 N–H and O–H groups in total. The maximum absolute atomic E-state index is 10.7. The summed E-state index contributed by atoms with van der Waals surface area (Å²) in [5, 5.41) is 8.96. The van der Waals surface area contributed by atoms with Crippen LogP contribution in [0.2, 0.25) is 0 Å². The quantitative estimate of drug-likeness (QED) is 0.279. The Morgan fingerprint density at radius 2 is 1.37 bits per heavy atom. The number of rotatable bonds is 4. The third-order valence-corrected chi connectivity index (χ3v) is 3.87. The van der Waals surface area contributed by atoms with E-state index in [9.17, 15) is 25.2 Å². The molecule has 0 spiro atoms. The van der Waals surface area contributed by atoms with Crippen LogP contribution in [0.15, 0.2) is 46.2 Å². The number of ether oxygens (including phenoxy) is 2. The predicted octanol–water partition coefficient (Wildman–Crippen LogP) is 8.03. The molecule has 0 saturated carbocycles. The van der Waals surface area contributed by atoms with E-state index in [1.54, 1.807) is 31.0 Å². The molecule has 0 aromatic heterocycles. The van der Waals surface area contributed by atoms with Gasteiger partial charge in [0.2, 0.25) is 11.1 Å². The third-order valence-electron chi connectivity index (χ3n) is 2.82. The van der Waals surface area contributed by atoms with Gasteiger partial charge in [-0.05, 0) is 19.1 Å². The fourth-order valence-corrected chi connectivity index (χ4v) is 2.68. The first-order valence-corrected chi connectivity index (χ1v) is 9.89. The van der Waals surface area contributed by atoms with Gasteiger partial charge in [0.25, 0.3) is 0 Å². The summed E-state index contributed by atoms with van der Waals surface area (Å²) >= 11 is 1.57. The molecule has 0 unspecified atom stereocenters. The first kappa shape index (κ1) is 22.9. The van der Waals surface area contributed by atoms with E-state index in [0.29, 0.717) is 17.2 Å². The number of halogens is 6. The Morgan fingerprint density at radius 3 is 1.78 bits per heavy atom. The van der Waals surface area contributed by atoms with E-state index in [4.69, 9.17) is 14.9 Å². The summed E-state index contributed by atoms with van der Waals surface area (Å²) in [4.78, 5) is 5.20. The van der Waals surface area contributed by atoms with Crippen molar-refractivity contribution in [2.24, 2.45) is 0 Å². The van der Waals surface area contributed by atoms with Crippen LogP contribution in [-0.4, -0.2) is 14.2 Å². The fraction of sp³-hybridized carbons (Fsp3) is 0.200. The normalized spacial score (nSPS) is 13.3. The van der Waals surface area contributed by atoms with Crippen LogP contribution in [0.3, 0.4) is 0 Å². The van der Waals surface area contributed by atoms with Gasteiger partial charge in [-0.3, -0.25) is 0 Å². The van der Waals surface area contributed by atoms with E-state index in [1.165, 1.54) is 12.7 Å². The zero-order valence-electron chi connectivity index (χ0n) is 14.3. The Balaban J connectivity index is 0.000000445. The van der Waals surface area contributed by atoms with E-state index in [0.717, 1.165) is 9.79 Å². The zero-order valence-corrected chi connectivity index (χ0v) is 16.0. The molecule has 4 nitrogen and oxygen atoms in total. The molecule has 150 valence electrons. The molecular formula is C15H15F6N2O2PS. The van der Waals surface area contributed by atoms with Gasteiger partial charge in [0.05, 0.1) is 25.2 Å². The van der Waals surface area contributed by atoms with Gasteiger partial charge in [0.15, 0.2) is 4.98 Å². The van der Waals surface area contributed by atoms with Crippen LogP contribution in [-0.2, 0) is 0 Å². The first-order chi connectivity index (χ1) is 12.1. The number of nitrogens with zero attached hydrogens (tertiary/aromatic N) is 2. The number of benzene rings is 2. The fourth-order valence-electron chi connectivity index (χ4n) is 1.74. The van der Waals surface area contributed by atoms with Crippen molar-refractivity contribution in [3.63, 3.8) is 0 Å². The van der Waals surface area contributed by atoms with Crippen molar-refractivity contribution < 1.29 is 34.7 Å². The van der Waals surface area contributed by atoms with Crippen molar-refractivity contribution in [3.8, 4) is 11.5 Å². The average molecular weight is 432 g/mol. The first-order valence-electron chi connectivity index (χ1n) is 7.05. The molecule has 2 aromatic carbocycles. The Morgan fingerprint density at radius 1 is 0.889 bits per heavy atom. The number of hydrogen-bond acceptors (Lipinski definition) is 4. The van der Waals surface area contributed by atoms with Crippen LogP contribution < -0.4 is 9.47 Å². The molecule has 0 heterocycles. The molecule has 0 fully saturated rings. The average Bonchev–Trinajstić information content (AvgIpc) is 2.53. The number of aryl methyl sites for hydroxylation is 1. The van der Waals surface area contributed by atoms with Crippen molar-refractivity contribution >= 4 is 25.3 Å². The molecule has 0 aliphatic carbocycles. The van der Waals surface area contributed by atoms with Crippen molar-refractivity contribution in [3.05, 3.63) is 46.9 Å². The second-order valence-electron chi connectivity index (χ2n) is 5.15. The van der Waals surface area contributed by atoms with Gasteiger partial charge in [0.1, 0.15) is 5.75 Å². The molecule has 0 aliphatic heterocycles. The predicted molar refractivity (Wildman–Crippen MR) is 93.2 cm³/mol. The summed E-state index contributed by atoms with van der Waals surface area (Å²) in [5.74, 6) is 1.15. The van der Waals surface area contributed by atoms with Gasteiger partial charge < -0.3 is 9.47 Å². The Bertz CT molecular complexity index is 841. The monoisotopic (exact) mass is 432 g/mol. The molecule has 0 saturated heterocycles. The molecule has 0 atom stereocenters. The number of hydrogen-bond donors (Lipinski definition) is 0. The number of diazo groups is 1. The molecule has 0 amide bonds. The standard InChI is InChI=1S/C15H15N2O2S.F6P/c1-10-4-6-11(7-5-10)20-15-9-13(18-2)12(17-16)8-14(15)19-3;1-7(2,3,4,5)6/h4-9H,1-3H3;/q+1;-1. The van der Waals surface area contributed by atoms with Gasteiger partial charge in [-0.1, -0.05) is 29.5 Å². The van der Waals surface area contributed by atoms with Gasteiger partial charge in [-0.2, -0.15) is 0 Å². The van der Waals surface area contributed by atoms with Crippen LogP contribution in [0.4, 0.5) is 30.9 Å². The molecule has 0 aliphatic rings. The van der Waals surface area contributed by atoms with Crippen molar-refractivity contribution in [1.82, 2.24) is 0 Å². The van der Waals surface area contributed by atoms with Crippen LogP contribution in [0.25, 0.3) is 4.98 Å². The van der Waals surface area contributed by atoms with Gasteiger partial charge in [-0.25, -0.2) is 0 Å². The third kappa shape index (κ3) is 9.92. The summed E-state index contributed by atoms with van der Waals surface area (Å²) in [7, 11) is -7.53. The second kappa shape index (κ2) is 7.44. The molecule has 0 radical (unpaired) electrons. The summed E-state index contributed by atoms with van der Waals surface area (Å²) in [6.45, 7) is 2.05. The Labute approximate surface area is 155 Å². The minimum atomic E-state index is -10.7. The van der Waals surface area contributed by atoms with Crippen LogP contribution in [0.1, 0.15) is 5.56 Å². The molecular weight excluding hydrogens is 417 g/mol. The summed E-state index contributed by atoms with van der Waals surface area (Å²) < 4.78 is 69.7. The van der Waals surface area contributed by atoms with Crippen LogP contribution >= 0.6 is 19.6 Å². The van der Waals surface area contributed by atoms with E-state index >= 15 is 0 Å².